The molecule has 0 heterocycles. The summed E-state index contributed by atoms with van der Waals surface area (Å²) in [6, 6.07) is 6.83. The molecule has 1 saturated carbocycles. The highest BCUT2D eigenvalue weighted by molar-refractivity contribution is 9.10. The highest BCUT2D eigenvalue weighted by atomic mass is 79.9. The third-order valence-corrected chi connectivity index (χ3v) is 3.74. The summed E-state index contributed by atoms with van der Waals surface area (Å²) >= 11 is 3.29. The van der Waals surface area contributed by atoms with Gasteiger partial charge in [0.1, 0.15) is 5.75 Å². The molecule has 1 N–H and O–H groups in total. The first kappa shape index (κ1) is 12.9. The molecular weight excluding hydrogens is 298 g/mol. The zero-order valence-electron chi connectivity index (χ0n) is 9.65. The van der Waals surface area contributed by atoms with Crippen LogP contribution >= 0.6 is 15.9 Å². The second-order valence-corrected chi connectivity index (χ2v) is 5.43. The molecule has 1 aliphatic rings. The number of ether oxygens (including phenoxy) is 1. The lowest BCUT2D eigenvalue weighted by Gasteiger charge is -2.14. The minimum absolute atomic E-state index is 0.0136. The Hall–Kier alpha value is -1.54. The number of rotatable bonds is 5. The Kier molecular flexibility index (Phi) is 3.58. The topological polar surface area (TPSA) is 70.3 Å². The predicted octanol–water partition coefficient (Wildman–Crippen LogP) is 3.22. The molecular formula is C13H12BrNO3. The summed E-state index contributed by atoms with van der Waals surface area (Å²) in [5, 5.41) is 17.6. The lowest BCUT2D eigenvalue weighted by molar-refractivity contribution is 0.0696. The van der Waals surface area contributed by atoms with E-state index in [0.29, 0.717) is 23.2 Å². The van der Waals surface area contributed by atoms with Crippen molar-refractivity contribution < 1.29 is 14.6 Å². The molecule has 1 fully saturated rings. The van der Waals surface area contributed by atoms with Gasteiger partial charge in [-0.3, -0.25) is 0 Å². The second kappa shape index (κ2) is 4.99. The van der Waals surface area contributed by atoms with Crippen LogP contribution in [0.3, 0.4) is 0 Å². The van der Waals surface area contributed by atoms with Crippen LogP contribution in [0.1, 0.15) is 29.6 Å². The molecule has 4 nitrogen and oxygen atoms in total. The normalized spacial score (nSPS) is 15.8. The van der Waals surface area contributed by atoms with Crippen LogP contribution in [0.5, 0.6) is 5.75 Å². The molecule has 5 heteroatoms. The van der Waals surface area contributed by atoms with Crippen molar-refractivity contribution in [2.45, 2.75) is 19.3 Å². The summed E-state index contributed by atoms with van der Waals surface area (Å²) in [6.45, 7) is 0.506. The Bertz CT molecular complexity index is 517. The number of carbonyl (C=O) groups is 1. The van der Waals surface area contributed by atoms with E-state index in [9.17, 15) is 4.79 Å². The number of carboxylic acids is 1. The van der Waals surface area contributed by atoms with Gasteiger partial charge in [-0.25, -0.2) is 4.79 Å². The van der Waals surface area contributed by atoms with E-state index in [0.717, 1.165) is 12.8 Å². The molecule has 0 spiro atoms. The van der Waals surface area contributed by atoms with Crippen LogP contribution in [-0.2, 0) is 0 Å². The number of hydrogen-bond acceptors (Lipinski definition) is 3. The van der Waals surface area contributed by atoms with Crippen LogP contribution in [0.2, 0.25) is 0 Å². The Morgan fingerprint density at radius 3 is 2.78 bits per heavy atom. The number of carboxylic acid groups (broad SMARTS) is 1. The Morgan fingerprint density at radius 1 is 1.56 bits per heavy atom. The summed E-state index contributed by atoms with van der Waals surface area (Å²) < 4.78 is 6.28. The van der Waals surface area contributed by atoms with Gasteiger partial charge in [-0.05, 0) is 47.0 Å². The maximum absolute atomic E-state index is 10.8. The maximum Gasteiger partial charge on any atom is 0.335 e. The number of nitrogens with zero attached hydrogens (tertiary/aromatic N) is 1. The summed E-state index contributed by atoms with van der Waals surface area (Å²) in [6.07, 6.45) is 2.55. The summed E-state index contributed by atoms with van der Waals surface area (Å²) in [4.78, 5) is 10.8. The molecule has 0 atom stereocenters. The maximum atomic E-state index is 10.8. The van der Waals surface area contributed by atoms with Crippen LogP contribution in [-0.4, -0.2) is 17.7 Å². The second-order valence-electron chi connectivity index (χ2n) is 4.57. The van der Waals surface area contributed by atoms with Crippen LogP contribution in [0.15, 0.2) is 22.7 Å². The van der Waals surface area contributed by atoms with E-state index in [1.165, 1.54) is 12.1 Å². The number of nitriles is 1. The summed E-state index contributed by atoms with van der Waals surface area (Å²) in [5.74, 6) is -0.352. The number of hydrogen-bond donors (Lipinski definition) is 1. The van der Waals surface area contributed by atoms with Crippen molar-refractivity contribution in [2.75, 3.05) is 6.61 Å². The minimum atomic E-state index is -0.967. The van der Waals surface area contributed by atoms with Crippen LogP contribution < -0.4 is 4.74 Å². The molecule has 2 rings (SSSR count). The van der Waals surface area contributed by atoms with Gasteiger partial charge in [0.2, 0.25) is 0 Å². The number of aromatic carboxylic acids is 1. The van der Waals surface area contributed by atoms with Crippen LogP contribution in [0.25, 0.3) is 0 Å². The highest BCUT2D eigenvalue weighted by Crippen LogP contribution is 2.49. The van der Waals surface area contributed by atoms with Gasteiger partial charge in [-0.2, -0.15) is 5.26 Å². The van der Waals surface area contributed by atoms with Gasteiger partial charge in [-0.15, -0.1) is 0 Å². The largest absolute Gasteiger partial charge is 0.492 e. The summed E-state index contributed by atoms with van der Waals surface area (Å²) in [7, 11) is 0. The van der Waals surface area contributed by atoms with Crippen molar-refractivity contribution in [1.82, 2.24) is 0 Å². The zero-order chi connectivity index (χ0) is 13.2. The van der Waals surface area contributed by atoms with Gasteiger partial charge >= 0.3 is 5.97 Å². The van der Waals surface area contributed by atoms with E-state index in [1.54, 1.807) is 6.07 Å². The minimum Gasteiger partial charge on any atom is -0.492 e. The monoisotopic (exact) mass is 309 g/mol. The van der Waals surface area contributed by atoms with Crippen molar-refractivity contribution >= 4 is 21.9 Å². The van der Waals surface area contributed by atoms with Crippen molar-refractivity contribution in [3.8, 4) is 11.8 Å². The van der Waals surface area contributed by atoms with E-state index in [-0.39, 0.29) is 11.0 Å². The zero-order valence-corrected chi connectivity index (χ0v) is 11.2. The highest BCUT2D eigenvalue weighted by Gasteiger charge is 2.43. The summed E-state index contributed by atoms with van der Waals surface area (Å²) in [5.41, 5.74) is 0.229. The SMILES string of the molecule is N#CCC1(COc2ccc(C(=O)O)cc2Br)CC1. The lowest BCUT2D eigenvalue weighted by atomic mass is 10.1. The molecule has 0 unspecified atom stereocenters. The van der Waals surface area contributed by atoms with Gasteiger partial charge in [0.25, 0.3) is 0 Å². The van der Waals surface area contributed by atoms with Gasteiger partial charge < -0.3 is 9.84 Å². The molecule has 0 amide bonds. The Morgan fingerprint density at radius 2 is 2.28 bits per heavy atom. The van der Waals surface area contributed by atoms with Gasteiger partial charge in [0.05, 0.1) is 22.7 Å². The van der Waals surface area contributed by atoms with Crippen LogP contribution in [0.4, 0.5) is 0 Å². The number of benzene rings is 1. The molecule has 0 aliphatic heterocycles. The fourth-order valence-electron chi connectivity index (χ4n) is 1.70. The average molecular weight is 310 g/mol. The third kappa shape index (κ3) is 2.82. The first-order chi connectivity index (χ1) is 8.56. The van der Waals surface area contributed by atoms with E-state index in [1.807, 2.05) is 0 Å². The van der Waals surface area contributed by atoms with E-state index in [4.69, 9.17) is 15.1 Å². The standard InChI is InChI=1S/C13H12BrNO3/c14-10-7-9(12(16)17)1-2-11(10)18-8-13(3-4-13)5-6-15/h1-2,7H,3-5,8H2,(H,16,17). The van der Waals surface area contributed by atoms with Gasteiger partial charge in [0.15, 0.2) is 0 Å². The predicted molar refractivity (Wildman–Crippen MR) is 68.5 cm³/mol. The van der Waals surface area contributed by atoms with Crippen molar-refractivity contribution in [3.63, 3.8) is 0 Å². The molecule has 94 valence electrons. The van der Waals surface area contributed by atoms with Crippen LogP contribution in [0, 0.1) is 16.7 Å². The Balaban J connectivity index is 2.02. The molecule has 1 aromatic rings. The molecule has 1 aromatic carbocycles. The smallest absolute Gasteiger partial charge is 0.335 e. The molecule has 1 aliphatic carbocycles. The fourth-order valence-corrected chi connectivity index (χ4v) is 2.19. The molecule has 0 bridgehead atoms. The molecule has 0 saturated heterocycles. The third-order valence-electron chi connectivity index (χ3n) is 3.12. The van der Waals surface area contributed by atoms with Gasteiger partial charge in [0, 0.05) is 11.8 Å². The van der Waals surface area contributed by atoms with Crippen molar-refractivity contribution in [1.29, 1.82) is 5.26 Å². The van der Waals surface area contributed by atoms with Crippen molar-refractivity contribution in [3.05, 3.63) is 28.2 Å². The molecule has 18 heavy (non-hydrogen) atoms. The van der Waals surface area contributed by atoms with E-state index >= 15 is 0 Å². The van der Waals surface area contributed by atoms with Crippen molar-refractivity contribution in [2.24, 2.45) is 5.41 Å². The Labute approximate surface area is 113 Å². The van der Waals surface area contributed by atoms with E-state index < -0.39 is 5.97 Å². The quantitative estimate of drug-likeness (QED) is 0.906. The van der Waals surface area contributed by atoms with Gasteiger partial charge in [-0.1, -0.05) is 0 Å². The molecule has 0 aromatic heterocycles. The number of halogens is 1. The first-order valence-corrected chi connectivity index (χ1v) is 6.38. The lowest BCUT2D eigenvalue weighted by Crippen LogP contribution is -2.12. The fraction of sp³-hybridized carbons (Fsp3) is 0.385. The first-order valence-electron chi connectivity index (χ1n) is 5.59. The molecule has 0 radical (unpaired) electrons. The average Bonchev–Trinajstić information content (AvgIpc) is 3.08. The van der Waals surface area contributed by atoms with E-state index in [2.05, 4.69) is 22.0 Å².